The summed E-state index contributed by atoms with van der Waals surface area (Å²) in [6.45, 7) is 5.03. The van der Waals surface area contributed by atoms with Crippen molar-refractivity contribution < 1.29 is 4.79 Å². The van der Waals surface area contributed by atoms with Crippen LogP contribution < -0.4 is 0 Å². The van der Waals surface area contributed by atoms with Crippen LogP contribution in [0.1, 0.15) is 20.3 Å². The highest BCUT2D eigenvalue weighted by molar-refractivity contribution is 5.80. The van der Waals surface area contributed by atoms with Gasteiger partial charge in [-0.15, -0.1) is 0 Å². The Kier molecular flexibility index (Phi) is 4.90. The fourth-order valence-corrected chi connectivity index (χ4v) is 1.11. The van der Waals surface area contributed by atoms with Crippen molar-refractivity contribution in [3.63, 3.8) is 0 Å². The van der Waals surface area contributed by atoms with Gasteiger partial charge in [-0.25, -0.2) is 0 Å². The van der Waals surface area contributed by atoms with E-state index in [2.05, 4.69) is 11.8 Å². The van der Waals surface area contributed by atoms with Crippen LogP contribution in [0, 0.1) is 0 Å². The molecule has 0 bridgehead atoms. The number of nitrogens with zero attached hydrogens (tertiary/aromatic N) is 2. The number of hydrogen-bond donors (Lipinski definition) is 0. The Bertz CT molecular complexity index is 145. The summed E-state index contributed by atoms with van der Waals surface area (Å²) >= 11 is 0. The molecule has 0 heterocycles. The second-order valence-corrected chi connectivity index (χ2v) is 3.39. The lowest BCUT2D eigenvalue weighted by Crippen LogP contribution is -2.42. The molecule has 1 atom stereocenters. The molecule has 0 saturated carbocycles. The van der Waals surface area contributed by atoms with Gasteiger partial charge in [0.05, 0.1) is 6.04 Å². The highest BCUT2D eigenvalue weighted by atomic mass is 16.2. The maximum Gasteiger partial charge on any atom is 0.239 e. The molecule has 0 aromatic carbocycles. The van der Waals surface area contributed by atoms with E-state index in [1.54, 1.807) is 19.0 Å². The number of carbonyl (C=O) groups excluding carboxylic acids is 1. The van der Waals surface area contributed by atoms with E-state index in [0.29, 0.717) is 0 Å². The minimum absolute atomic E-state index is 0.0000463. The molecule has 3 heteroatoms. The monoisotopic (exact) mass is 172 g/mol. The molecule has 12 heavy (non-hydrogen) atoms. The number of hydrogen-bond acceptors (Lipinski definition) is 2. The zero-order valence-corrected chi connectivity index (χ0v) is 8.79. The minimum atomic E-state index is -0.0000463. The third kappa shape index (κ3) is 3.22. The summed E-state index contributed by atoms with van der Waals surface area (Å²) in [5.41, 5.74) is 0. The minimum Gasteiger partial charge on any atom is -0.347 e. The van der Waals surface area contributed by atoms with E-state index in [1.165, 1.54) is 0 Å². The molecule has 0 aromatic heterocycles. The molecule has 0 fully saturated rings. The van der Waals surface area contributed by atoms with Crippen molar-refractivity contribution in [1.82, 2.24) is 9.80 Å². The zero-order valence-electron chi connectivity index (χ0n) is 8.79. The van der Waals surface area contributed by atoms with E-state index in [0.717, 1.165) is 13.0 Å². The van der Waals surface area contributed by atoms with E-state index in [-0.39, 0.29) is 11.9 Å². The van der Waals surface area contributed by atoms with Crippen molar-refractivity contribution in [3.05, 3.63) is 0 Å². The summed E-state index contributed by atoms with van der Waals surface area (Å²) < 4.78 is 0. The summed E-state index contributed by atoms with van der Waals surface area (Å²) in [6, 6.07) is -0.0000463. The highest BCUT2D eigenvalue weighted by Crippen LogP contribution is 1.99. The van der Waals surface area contributed by atoms with Gasteiger partial charge < -0.3 is 4.90 Å². The van der Waals surface area contributed by atoms with Crippen LogP contribution in [0.3, 0.4) is 0 Å². The smallest absolute Gasteiger partial charge is 0.239 e. The molecule has 0 saturated heterocycles. The van der Waals surface area contributed by atoms with Crippen molar-refractivity contribution >= 4 is 5.91 Å². The van der Waals surface area contributed by atoms with Crippen molar-refractivity contribution in [1.29, 1.82) is 0 Å². The first kappa shape index (κ1) is 11.4. The normalized spacial score (nSPS) is 13.2. The average Bonchev–Trinajstić information content (AvgIpc) is 2.02. The lowest BCUT2D eigenvalue weighted by atomic mass is 10.2. The van der Waals surface area contributed by atoms with E-state index in [1.807, 2.05) is 14.0 Å². The van der Waals surface area contributed by atoms with Gasteiger partial charge in [-0.3, -0.25) is 9.69 Å². The largest absolute Gasteiger partial charge is 0.347 e. The molecule has 1 unspecified atom stereocenters. The van der Waals surface area contributed by atoms with Gasteiger partial charge in [0.15, 0.2) is 0 Å². The van der Waals surface area contributed by atoms with Crippen LogP contribution in [-0.2, 0) is 4.79 Å². The molecule has 0 aliphatic heterocycles. The molecule has 3 nitrogen and oxygen atoms in total. The van der Waals surface area contributed by atoms with Gasteiger partial charge in [-0.05, 0) is 26.9 Å². The molecule has 0 radical (unpaired) electrons. The summed E-state index contributed by atoms with van der Waals surface area (Å²) in [7, 11) is 5.56. The molecular formula is C9H20N2O. The van der Waals surface area contributed by atoms with Crippen LogP contribution in [0.2, 0.25) is 0 Å². The first-order valence-corrected chi connectivity index (χ1v) is 4.42. The SMILES string of the molecule is CCCN(C)C(C)C(=O)N(C)C. The summed E-state index contributed by atoms with van der Waals surface area (Å²) in [5.74, 6) is 0.172. The van der Waals surface area contributed by atoms with Gasteiger partial charge in [0, 0.05) is 14.1 Å². The van der Waals surface area contributed by atoms with Crippen molar-refractivity contribution in [3.8, 4) is 0 Å². The van der Waals surface area contributed by atoms with Crippen molar-refractivity contribution in [2.75, 3.05) is 27.7 Å². The van der Waals surface area contributed by atoms with Crippen LogP contribution in [0.25, 0.3) is 0 Å². The Hall–Kier alpha value is -0.570. The van der Waals surface area contributed by atoms with E-state index < -0.39 is 0 Å². The van der Waals surface area contributed by atoms with E-state index in [9.17, 15) is 4.79 Å². The number of carbonyl (C=O) groups is 1. The quantitative estimate of drug-likeness (QED) is 0.626. The number of amides is 1. The molecule has 1 amide bonds. The second kappa shape index (κ2) is 5.14. The molecule has 0 rings (SSSR count). The first-order chi connectivity index (χ1) is 5.50. The second-order valence-electron chi connectivity index (χ2n) is 3.39. The Morgan fingerprint density at radius 3 is 2.17 bits per heavy atom. The molecule has 0 aliphatic rings. The van der Waals surface area contributed by atoms with E-state index in [4.69, 9.17) is 0 Å². The molecule has 0 aliphatic carbocycles. The number of rotatable bonds is 4. The molecule has 72 valence electrons. The Labute approximate surface area is 75.3 Å². The van der Waals surface area contributed by atoms with Crippen LogP contribution in [0.15, 0.2) is 0 Å². The summed E-state index contributed by atoms with van der Waals surface area (Å²) in [4.78, 5) is 15.2. The fraction of sp³-hybridized carbons (Fsp3) is 0.889. The standard InChI is InChI=1S/C9H20N2O/c1-6-7-11(5)8(2)9(12)10(3)4/h8H,6-7H2,1-5H3. The van der Waals surface area contributed by atoms with Gasteiger partial charge in [-0.2, -0.15) is 0 Å². The third-order valence-corrected chi connectivity index (χ3v) is 2.04. The summed E-state index contributed by atoms with van der Waals surface area (Å²) in [6.07, 6.45) is 1.08. The van der Waals surface area contributed by atoms with Crippen molar-refractivity contribution in [2.45, 2.75) is 26.3 Å². The first-order valence-electron chi connectivity index (χ1n) is 4.42. The zero-order chi connectivity index (χ0) is 9.72. The van der Waals surface area contributed by atoms with Crippen LogP contribution in [0.4, 0.5) is 0 Å². The Morgan fingerprint density at radius 1 is 1.33 bits per heavy atom. The maximum atomic E-state index is 11.4. The maximum absolute atomic E-state index is 11.4. The Morgan fingerprint density at radius 2 is 1.83 bits per heavy atom. The molecular weight excluding hydrogens is 152 g/mol. The van der Waals surface area contributed by atoms with Gasteiger partial charge in [0.2, 0.25) is 5.91 Å². The molecule has 0 aromatic rings. The van der Waals surface area contributed by atoms with Gasteiger partial charge in [0.1, 0.15) is 0 Å². The van der Waals surface area contributed by atoms with Gasteiger partial charge >= 0.3 is 0 Å². The van der Waals surface area contributed by atoms with Crippen LogP contribution in [-0.4, -0.2) is 49.4 Å². The predicted octanol–water partition coefficient (Wildman–Crippen LogP) is 0.805. The van der Waals surface area contributed by atoms with Gasteiger partial charge in [0.25, 0.3) is 0 Å². The highest BCUT2D eigenvalue weighted by Gasteiger charge is 2.18. The van der Waals surface area contributed by atoms with E-state index >= 15 is 0 Å². The Balaban J connectivity index is 4.00. The third-order valence-electron chi connectivity index (χ3n) is 2.04. The average molecular weight is 172 g/mol. The molecule has 0 N–H and O–H groups in total. The van der Waals surface area contributed by atoms with Gasteiger partial charge in [-0.1, -0.05) is 6.92 Å². The fourth-order valence-electron chi connectivity index (χ4n) is 1.11. The summed E-state index contributed by atoms with van der Waals surface area (Å²) in [5, 5.41) is 0. The van der Waals surface area contributed by atoms with Crippen molar-refractivity contribution in [2.24, 2.45) is 0 Å². The lowest BCUT2D eigenvalue weighted by Gasteiger charge is -2.25. The molecule has 0 spiro atoms. The number of likely N-dealkylation sites (N-methyl/N-ethyl adjacent to an activating group) is 2. The topological polar surface area (TPSA) is 23.6 Å². The van der Waals surface area contributed by atoms with Crippen LogP contribution in [0.5, 0.6) is 0 Å². The predicted molar refractivity (Wildman–Crippen MR) is 51.1 cm³/mol. The lowest BCUT2D eigenvalue weighted by molar-refractivity contribution is -0.133. The van der Waals surface area contributed by atoms with Crippen LogP contribution >= 0.6 is 0 Å².